The second-order valence-electron chi connectivity index (χ2n) is 2.86. The van der Waals surface area contributed by atoms with Gasteiger partial charge in [0.1, 0.15) is 0 Å². The van der Waals surface area contributed by atoms with Crippen LogP contribution in [-0.2, 0) is 4.84 Å². The zero-order valence-electron chi connectivity index (χ0n) is 6.13. The minimum absolute atomic E-state index is 0.300. The Bertz CT molecular complexity index is 205. The van der Waals surface area contributed by atoms with Gasteiger partial charge in [0, 0.05) is 5.57 Å². The van der Waals surface area contributed by atoms with Crippen LogP contribution < -0.4 is 0 Å². The summed E-state index contributed by atoms with van der Waals surface area (Å²) in [5.41, 5.74) is 2.40. The molecule has 2 nitrogen and oxygen atoms in total. The molecule has 0 saturated carbocycles. The van der Waals surface area contributed by atoms with Crippen molar-refractivity contribution in [1.29, 1.82) is 0 Å². The first-order valence-corrected chi connectivity index (χ1v) is 3.79. The number of rotatable bonds is 0. The van der Waals surface area contributed by atoms with Gasteiger partial charge in [0.05, 0.1) is 5.71 Å². The molecule has 1 aliphatic carbocycles. The molecule has 2 rings (SSSR count). The molecule has 2 aliphatic rings. The van der Waals surface area contributed by atoms with Gasteiger partial charge < -0.3 is 4.84 Å². The summed E-state index contributed by atoms with van der Waals surface area (Å²) in [6.45, 7) is 2.01. The molecule has 2 heteroatoms. The number of oxime groups is 1. The van der Waals surface area contributed by atoms with Crippen molar-refractivity contribution in [2.75, 3.05) is 0 Å². The van der Waals surface area contributed by atoms with Crippen LogP contribution in [0.5, 0.6) is 0 Å². The Morgan fingerprint density at radius 2 is 2.60 bits per heavy atom. The molecule has 1 atom stereocenters. The summed E-state index contributed by atoms with van der Waals surface area (Å²) in [6, 6.07) is 0. The van der Waals surface area contributed by atoms with Gasteiger partial charge >= 0.3 is 0 Å². The van der Waals surface area contributed by atoms with Crippen LogP contribution in [0.15, 0.2) is 16.8 Å². The molecule has 10 heavy (non-hydrogen) atoms. The Labute approximate surface area is 60.6 Å². The second-order valence-corrected chi connectivity index (χ2v) is 2.86. The van der Waals surface area contributed by atoms with Crippen molar-refractivity contribution in [2.24, 2.45) is 5.16 Å². The van der Waals surface area contributed by atoms with E-state index in [2.05, 4.69) is 11.2 Å². The smallest absolute Gasteiger partial charge is 0.154 e. The van der Waals surface area contributed by atoms with E-state index in [1.807, 2.05) is 6.92 Å². The van der Waals surface area contributed by atoms with Gasteiger partial charge in [-0.1, -0.05) is 11.2 Å². The highest BCUT2D eigenvalue weighted by Gasteiger charge is 2.26. The summed E-state index contributed by atoms with van der Waals surface area (Å²) >= 11 is 0. The topological polar surface area (TPSA) is 21.6 Å². The van der Waals surface area contributed by atoms with Crippen LogP contribution >= 0.6 is 0 Å². The zero-order chi connectivity index (χ0) is 6.97. The van der Waals surface area contributed by atoms with Gasteiger partial charge in [-0.05, 0) is 26.2 Å². The molecule has 1 aliphatic heterocycles. The highest BCUT2D eigenvalue weighted by Crippen LogP contribution is 2.26. The van der Waals surface area contributed by atoms with Crippen LogP contribution in [-0.4, -0.2) is 11.8 Å². The highest BCUT2D eigenvalue weighted by molar-refractivity contribution is 6.00. The third kappa shape index (κ3) is 0.753. The van der Waals surface area contributed by atoms with Crippen LogP contribution in [0.2, 0.25) is 0 Å². The first kappa shape index (κ1) is 5.96. The lowest BCUT2D eigenvalue weighted by Gasteiger charge is -2.14. The molecular weight excluding hydrogens is 126 g/mol. The van der Waals surface area contributed by atoms with E-state index < -0.39 is 0 Å². The van der Waals surface area contributed by atoms with Crippen LogP contribution in [0.4, 0.5) is 0 Å². The van der Waals surface area contributed by atoms with E-state index in [-0.39, 0.29) is 0 Å². The van der Waals surface area contributed by atoms with Crippen molar-refractivity contribution in [3.63, 3.8) is 0 Å². The van der Waals surface area contributed by atoms with E-state index in [1.54, 1.807) is 0 Å². The molecule has 0 spiro atoms. The maximum atomic E-state index is 5.19. The molecule has 0 aromatic rings. The quantitative estimate of drug-likeness (QED) is 0.499. The maximum absolute atomic E-state index is 5.19. The first-order chi connectivity index (χ1) is 4.88. The summed E-state index contributed by atoms with van der Waals surface area (Å²) in [5, 5.41) is 3.93. The van der Waals surface area contributed by atoms with Crippen LogP contribution in [0.3, 0.4) is 0 Å². The predicted molar refractivity (Wildman–Crippen MR) is 39.9 cm³/mol. The van der Waals surface area contributed by atoms with Crippen molar-refractivity contribution < 1.29 is 4.84 Å². The molecule has 0 N–H and O–H groups in total. The Kier molecular flexibility index (Phi) is 1.26. The van der Waals surface area contributed by atoms with E-state index in [0.29, 0.717) is 6.10 Å². The lowest BCUT2D eigenvalue weighted by Crippen LogP contribution is -2.14. The molecular formula is C8H11NO. The fraction of sp³-hybridized carbons (Fsp3) is 0.625. The average molecular weight is 137 g/mol. The molecule has 0 fully saturated rings. The number of fused-ring (bicyclic) bond motifs is 1. The maximum Gasteiger partial charge on any atom is 0.154 e. The largest absolute Gasteiger partial charge is 0.387 e. The van der Waals surface area contributed by atoms with E-state index in [9.17, 15) is 0 Å². The van der Waals surface area contributed by atoms with Crippen LogP contribution in [0.1, 0.15) is 26.2 Å². The molecule has 0 bridgehead atoms. The second kappa shape index (κ2) is 2.11. The molecule has 0 amide bonds. The Morgan fingerprint density at radius 1 is 1.70 bits per heavy atom. The number of hydrogen-bond acceptors (Lipinski definition) is 2. The Hall–Kier alpha value is -0.790. The lowest BCUT2D eigenvalue weighted by molar-refractivity contribution is 0.0935. The fourth-order valence-electron chi connectivity index (χ4n) is 1.53. The SMILES string of the molecule is CC1=NOC2CCCC=C12. The lowest BCUT2D eigenvalue weighted by atomic mass is 9.94. The normalized spacial score (nSPS) is 30.3. The van der Waals surface area contributed by atoms with Gasteiger partial charge in [0.25, 0.3) is 0 Å². The van der Waals surface area contributed by atoms with Crippen LogP contribution in [0, 0.1) is 0 Å². The predicted octanol–water partition coefficient (Wildman–Crippen LogP) is 1.87. The highest BCUT2D eigenvalue weighted by atomic mass is 16.6. The van der Waals surface area contributed by atoms with Gasteiger partial charge in [0.15, 0.2) is 6.10 Å². The van der Waals surface area contributed by atoms with Crippen molar-refractivity contribution in [1.82, 2.24) is 0 Å². The molecule has 0 aromatic carbocycles. The first-order valence-electron chi connectivity index (χ1n) is 3.79. The standard InChI is InChI=1S/C8H11NO/c1-6-7-4-2-3-5-8(7)10-9-6/h4,8H,2-3,5H2,1H3. The minimum Gasteiger partial charge on any atom is -0.387 e. The fourth-order valence-corrected chi connectivity index (χ4v) is 1.53. The number of hydrogen-bond donors (Lipinski definition) is 0. The molecule has 1 heterocycles. The Balaban J connectivity index is 2.27. The van der Waals surface area contributed by atoms with E-state index in [0.717, 1.165) is 12.1 Å². The third-order valence-electron chi connectivity index (χ3n) is 2.12. The zero-order valence-corrected chi connectivity index (χ0v) is 6.13. The molecule has 1 unspecified atom stereocenters. The summed E-state index contributed by atoms with van der Waals surface area (Å²) in [4.78, 5) is 5.19. The van der Waals surface area contributed by atoms with Crippen molar-refractivity contribution in [3.05, 3.63) is 11.6 Å². The van der Waals surface area contributed by atoms with Crippen LogP contribution in [0.25, 0.3) is 0 Å². The van der Waals surface area contributed by atoms with Gasteiger partial charge in [-0.3, -0.25) is 0 Å². The van der Waals surface area contributed by atoms with Gasteiger partial charge in [-0.2, -0.15) is 0 Å². The van der Waals surface area contributed by atoms with E-state index in [1.165, 1.54) is 18.4 Å². The monoisotopic (exact) mass is 137 g/mol. The molecule has 0 saturated heterocycles. The van der Waals surface area contributed by atoms with Gasteiger partial charge in [-0.15, -0.1) is 0 Å². The van der Waals surface area contributed by atoms with Crippen molar-refractivity contribution in [2.45, 2.75) is 32.3 Å². The molecule has 54 valence electrons. The summed E-state index contributed by atoms with van der Waals surface area (Å²) in [6.07, 6.45) is 6.14. The molecule has 0 aromatic heterocycles. The third-order valence-corrected chi connectivity index (χ3v) is 2.12. The Morgan fingerprint density at radius 3 is 3.40 bits per heavy atom. The van der Waals surface area contributed by atoms with Gasteiger partial charge in [-0.25, -0.2) is 0 Å². The number of allylic oxidation sites excluding steroid dienone is 1. The summed E-state index contributed by atoms with van der Waals surface area (Å²) in [7, 11) is 0. The molecule has 0 radical (unpaired) electrons. The van der Waals surface area contributed by atoms with Crippen molar-refractivity contribution in [3.8, 4) is 0 Å². The van der Waals surface area contributed by atoms with Crippen molar-refractivity contribution >= 4 is 5.71 Å². The summed E-state index contributed by atoms with van der Waals surface area (Å²) < 4.78 is 0. The van der Waals surface area contributed by atoms with E-state index in [4.69, 9.17) is 4.84 Å². The number of nitrogens with zero attached hydrogens (tertiary/aromatic N) is 1. The van der Waals surface area contributed by atoms with Gasteiger partial charge in [0.2, 0.25) is 0 Å². The summed E-state index contributed by atoms with van der Waals surface area (Å²) in [5.74, 6) is 0. The van der Waals surface area contributed by atoms with E-state index >= 15 is 0 Å². The minimum atomic E-state index is 0.300. The average Bonchev–Trinajstić information content (AvgIpc) is 2.34.